The van der Waals surface area contributed by atoms with Crippen LogP contribution in [-0.4, -0.2) is 27.2 Å². The van der Waals surface area contributed by atoms with Crippen molar-refractivity contribution in [2.24, 2.45) is 0 Å². The van der Waals surface area contributed by atoms with Gasteiger partial charge in [0.1, 0.15) is 5.75 Å². The molecule has 0 bridgehead atoms. The highest BCUT2D eigenvalue weighted by atomic mass is 16.5. The van der Waals surface area contributed by atoms with Crippen LogP contribution in [0, 0.1) is 0 Å². The molecule has 0 aliphatic heterocycles. The predicted molar refractivity (Wildman–Crippen MR) is 93.1 cm³/mol. The first-order valence-corrected chi connectivity index (χ1v) is 7.79. The average molecular weight is 329 g/mol. The van der Waals surface area contributed by atoms with Crippen molar-refractivity contribution >= 4 is 5.91 Å². The molecular formula is C19H23NO4. The molecule has 1 amide bonds. The molecule has 0 aliphatic rings. The summed E-state index contributed by atoms with van der Waals surface area (Å²) in [6, 6.07) is 11.1. The van der Waals surface area contributed by atoms with Gasteiger partial charge in [0.05, 0.1) is 21.3 Å². The highest BCUT2D eigenvalue weighted by Crippen LogP contribution is 2.27. The normalized spacial score (nSPS) is 10.2. The first-order valence-electron chi connectivity index (χ1n) is 7.79. The molecule has 0 saturated heterocycles. The Morgan fingerprint density at radius 2 is 1.58 bits per heavy atom. The third-order valence-electron chi connectivity index (χ3n) is 3.84. The van der Waals surface area contributed by atoms with Gasteiger partial charge < -0.3 is 19.5 Å². The Morgan fingerprint density at radius 3 is 2.21 bits per heavy atom. The second-order valence-electron chi connectivity index (χ2n) is 5.25. The summed E-state index contributed by atoms with van der Waals surface area (Å²) in [6.45, 7) is 2.48. The van der Waals surface area contributed by atoms with E-state index >= 15 is 0 Å². The number of ether oxygens (including phenoxy) is 3. The summed E-state index contributed by atoms with van der Waals surface area (Å²) in [4.78, 5) is 12.4. The van der Waals surface area contributed by atoms with Crippen LogP contribution in [0.25, 0.3) is 0 Å². The van der Waals surface area contributed by atoms with Crippen LogP contribution in [0.2, 0.25) is 0 Å². The Hall–Kier alpha value is -2.69. The molecule has 5 heteroatoms. The lowest BCUT2D eigenvalue weighted by atomic mass is 10.1. The van der Waals surface area contributed by atoms with Crippen LogP contribution in [0.5, 0.6) is 17.2 Å². The molecule has 2 aromatic carbocycles. The van der Waals surface area contributed by atoms with Crippen LogP contribution < -0.4 is 19.5 Å². The number of hydrogen-bond donors (Lipinski definition) is 1. The second kappa shape index (κ2) is 8.24. The molecule has 0 fully saturated rings. The highest BCUT2D eigenvalue weighted by molar-refractivity contribution is 5.94. The van der Waals surface area contributed by atoms with E-state index in [1.165, 1.54) is 5.56 Å². The molecule has 0 spiro atoms. The van der Waals surface area contributed by atoms with Gasteiger partial charge in [-0.2, -0.15) is 0 Å². The van der Waals surface area contributed by atoms with Crippen molar-refractivity contribution < 1.29 is 19.0 Å². The Balaban J connectivity index is 2.13. The molecule has 0 atom stereocenters. The molecule has 0 saturated carbocycles. The van der Waals surface area contributed by atoms with Crippen molar-refractivity contribution in [2.75, 3.05) is 21.3 Å². The van der Waals surface area contributed by atoms with E-state index in [4.69, 9.17) is 14.2 Å². The van der Waals surface area contributed by atoms with E-state index in [0.29, 0.717) is 23.6 Å². The number of rotatable bonds is 7. The van der Waals surface area contributed by atoms with Crippen LogP contribution >= 0.6 is 0 Å². The third-order valence-corrected chi connectivity index (χ3v) is 3.84. The predicted octanol–water partition coefficient (Wildman–Crippen LogP) is 3.20. The number of nitrogens with one attached hydrogen (secondary N) is 1. The molecular weight excluding hydrogens is 306 g/mol. The number of amides is 1. The summed E-state index contributed by atoms with van der Waals surface area (Å²) < 4.78 is 15.8. The van der Waals surface area contributed by atoms with Crippen LogP contribution in [0.4, 0.5) is 0 Å². The molecule has 0 aromatic heterocycles. The first-order chi connectivity index (χ1) is 11.6. The number of carbonyl (C=O) groups is 1. The molecule has 2 aromatic rings. The summed E-state index contributed by atoms with van der Waals surface area (Å²) in [5.41, 5.74) is 2.66. The van der Waals surface area contributed by atoms with Gasteiger partial charge in [-0.15, -0.1) is 0 Å². The summed E-state index contributed by atoms with van der Waals surface area (Å²) >= 11 is 0. The van der Waals surface area contributed by atoms with E-state index in [1.807, 2.05) is 18.2 Å². The number of aryl methyl sites for hydroxylation is 1. The zero-order valence-electron chi connectivity index (χ0n) is 14.5. The Bertz CT molecular complexity index is 713. The fourth-order valence-electron chi connectivity index (χ4n) is 2.45. The van der Waals surface area contributed by atoms with E-state index in [2.05, 4.69) is 12.2 Å². The molecule has 1 N–H and O–H groups in total. The fourth-order valence-corrected chi connectivity index (χ4v) is 2.45. The number of methoxy groups -OCH3 is 3. The number of carbonyl (C=O) groups excluding carboxylic acids is 1. The molecule has 0 heterocycles. The monoisotopic (exact) mass is 329 g/mol. The standard InChI is InChI=1S/C19H23NO4/c1-5-13-6-8-16(22-2)15(10-13)12-20-19(21)14-7-9-17(23-3)18(11-14)24-4/h6-11H,5,12H2,1-4H3,(H,20,21). The maximum atomic E-state index is 12.4. The van der Waals surface area contributed by atoms with Crippen LogP contribution in [0.3, 0.4) is 0 Å². The van der Waals surface area contributed by atoms with Crippen molar-refractivity contribution in [3.05, 3.63) is 53.1 Å². The van der Waals surface area contributed by atoms with Gasteiger partial charge in [0, 0.05) is 17.7 Å². The lowest BCUT2D eigenvalue weighted by molar-refractivity contribution is 0.0950. The summed E-state index contributed by atoms with van der Waals surface area (Å²) in [5, 5.41) is 2.91. The second-order valence-corrected chi connectivity index (χ2v) is 5.25. The van der Waals surface area contributed by atoms with Gasteiger partial charge in [-0.3, -0.25) is 4.79 Å². The van der Waals surface area contributed by atoms with E-state index in [9.17, 15) is 4.79 Å². The fraction of sp³-hybridized carbons (Fsp3) is 0.316. The van der Waals surface area contributed by atoms with Crippen molar-refractivity contribution in [3.63, 3.8) is 0 Å². The van der Waals surface area contributed by atoms with Crippen molar-refractivity contribution in [1.29, 1.82) is 0 Å². The molecule has 5 nitrogen and oxygen atoms in total. The minimum absolute atomic E-state index is 0.181. The smallest absolute Gasteiger partial charge is 0.251 e. The summed E-state index contributed by atoms with van der Waals surface area (Å²) in [5.74, 6) is 1.70. The van der Waals surface area contributed by atoms with E-state index < -0.39 is 0 Å². The molecule has 0 aliphatic carbocycles. The number of benzene rings is 2. The van der Waals surface area contributed by atoms with Gasteiger partial charge in [0.25, 0.3) is 5.91 Å². The Morgan fingerprint density at radius 1 is 0.917 bits per heavy atom. The first kappa shape index (κ1) is 17.7. The van der Waals surface area contributed by atoms with Gasteiger partial charge >= 0.3 is 0 Å². The highest BCUT2D eigenvalue weighted by Gasteiger charge is 2.12. The zero-order chi connectivity index (χ0) is 17.5. The van der Waals surface area contributed by atoms with Crippen LogP contribution in [-0.2, 0) is 13.0 Å². The van der Waals surface area contributed by atoms with Gasteiger partial charge in [-0.1, -0.05) is 19.1 Å². The summed E-state index contributed by atoms with van der Waals surface area (Å²) in [6.07, 6.45) is 0.931. The van der Waals surface area contributed by atoms with E-state index in [0.717, 1.165) is 17.7 Å². The third kappa shape index (κ3) is 3.98. The van der Waals surface area contributed by atoms with E-state index in [1.54, 1.807) is 39.5 Å². The van der Waals surface area contributed by atoms with E-state index in [-0.39, 0.29) is 5.91 Å². The van der Waals surface area contributed by atoms with Gasteiger partial charge in [-0.05, 0) is 36.2 Å². The lowest BCUT2D eigenvalue weighted by Gasteiger charge is -2.12. The molecule has 0 radical (unpaired) electrons. The Kier molecular flexibility index (Phi) is 6.07. The lowest BCUT2D eigenvalue weighted by Crippen LogP contribution is -2.23. The van der Waals surface area contributed by atoms with Crippen LogP contribution in [0.15, 0.2) is 36.4 Å². The maximum absolute atomic E-state index is 12.4. The quantitative estimate of drug-likeness (QED) is 0.847. The molecule has 2 rings (SSSR count). The SMILES string of the molecule is CCc1ccc(OC)c(CNC(=O)c2ccc(OC)c(OC)c2)c1. The molecule has 0 unspecified atom stereocenters. The Labute approximate surface area is 142 Å². The minimum Gasteiger partial charge on any atom is -0.496 e. The minimum atomic E-state index is -0.181. The molecule has 24 heavy (non-hydrogen) atoms. The topological polar surface area (TPSA) is 56.8 Å². The maximum Gasteiger partial charge on any atom is 0.251 e. The van der Waals surface area contributed by atoms with Gasteiger partial charge in [0.15, 0.2) is 11.5 Å². The van der Waals surface area contributed by atoms with Crippen molar-refractivity contribution in [2.45, 2.75) is 19.9 Å². The van der Waals surface area contributed by atoms with Gasteiger partial charge in [0.2, 0.25) is 0 Å². The zero-order valence-corrected chi connectivity index (χ0v) is 14.5. The van der Waals surface area contributed by atoms with Crippen LogP contribution in [0.1, 0.15) is 28.4 Å². The van der Waals surface area contributed by atoms with Crippen molar-refractivity contribution in [3.8, 4) is 17.2 Å². The van der Waals surface area contributed by atoms with Crippen molar-refractivity contribution in [1.82, 2.24) is 5.32 Å². The average Bonchev–Trinajstić information content (AvgIpc) is 2.64. The molecule has 128 valence electrons. The largest absolute Gasteiger partial charge is 0.496 e. The van der Waals surface area contributed by atoms with Gasteiger partial charge in [-0.25, -0.2) is 0 Å². The number of hydrogen-bond acceptors (Lipinski definition) is 4. The summed E-state index contributed by atoms with van der Waals surface area (Å²) in [7, 11) is 4.73.